The summed E-state index contributed by atoms with van der Waals surface area (Å²) in [5, 5.41) is 13.7. The van der Waals surface area contributed by atoms with Crippen molar-refractivity contribution in [2.24, 2.45) is 10.8 Å². The number of ketones is 1. The standard InChI is InChI=1S/C29H33N2.C15H28O2.Ir/c1-17(2)21-13-20-9-10-24-27(22-11-19(5)12-23(14-22)29(6,7)8)30-16-31-28(24)26(20)25(15-21)18(3)4;1-7-14(5,8-2)12(16)11-13(17)15(6,9-3)10-4;/h9-10,12-18H,1-8H3;11,16H,7-10H2,1-6H3;/q-1;;/b;12-11-;. The van der Waals surface area contributed by atoms with Crippen LogP contribution in [0, 0.1) is 23.8 Å². The van der Waals surface area contributed by atoms with Crippen LogP contribution in [0.1, 0.15) is 150 Å². The fourth-order valence-electron chi connectivity index (χ4n) is 6.00. The molecule has 1 N–H and O–H groups in total. The summed E-state index contributed by atoms with van der Waals surface area (Å²) < 4.78 is 0. The predicted molar refractivity (Wildman–Crippen MR) is 206 cm³/mol. The molecule has 269 valence electrons. The normalized spacial score (nSPS) is 12.7. The van der Waals surface area contributed by atoms with E-state index in [0.717, 1.165) is 53.4 Å². The molecular weight excluding hydrogens is 781 g/mol. The van der Waals surface area contributed by atoms with Gasteiger partial charge in [0.15, 0.2) is 5.78 Å². The molecule has 1 radical (unpaired) electrons. The first-order valence-electron chi connectivity index (χ1n) is 18.1. The smallest absolute Gasteiger partial charge is 0.164 e. The monoisotopic (exact) mass is 842 g/mol. The summed E-state index contributed by atoms with van der Waals surface area (Å²) in [6.07, 6.45) is 6.47. The molecule has 0 aliphatic rings. The Balaban J connectivity index is 0.000000398. The van der Waals surface area contributed by atoms with Gasteiger partial charge in [0.2, 0.25) is 0 Å². The zero-order chi connectivity index (χ0) is 36.2. The molecule has 1 aromatic heterocycles. The molecule has 0 aliphatic carbocycles. The van der Waals surface area contributed by atoms with E-state index in [-0.39, 0.29) is 47.9 Å². The molecule has 49 heavy (non-hydrogen) atoms. The Bertz CT molecular complexity index is 1770. The Morgan fingerprint density at radius 3 is 1.94 bits per heavy atom. The topological polar surface area (TPSA) is 63.1 Å². The van der Waals surface area contributed by atoms with Crippen LogP contribution in [0.15, 0.2) is 54.6 Å². The number of benzene rings is 3. The molecule has 0 saturated carbocycles. The largest absolute Gasteiger partial charge is 0.512 e. The summed E-state index contributed by atoms with van der Waals surface area (Å²) in [4.78, 5) is 21.7. The fourth-order valence-corrected chi connectivity index (χ4v) is 6.00. The number of nitrogens with zero attached hydrogens (tertiary/aromatic N) is 2. The first-order chi connectivity index (χ1) is 22.3. The van der Waals surface area contributed by atoms with Crippen LogP contribution in [0.3, 0.4) is 0 Å². The van der Waals surface area contributed by atoms with Crippen LogP contribution in [0.5, 0.6) is 0 Å². The summed E-state index contributed by atoms with van der Waals surface area (Å²) in [5.41, 5.74) is 7.69. The summed E-state index contributed by atoms with van der Waals surface area (Å²) in [6.45, 7) is 30.0. The predicted octanol–water partition coefficient (Wildman–Crippen LogP) is 12.8. The number of aromatic nitrogens is 2. The second-order valence-electron chi connectivity index (χ2n) is 15.8. The molecule has 3 aromatic carbocycles. The van der Waals surface area contributed by atoms with E-state index in [4.69, 9.17) is 9.97 Å². The Kier molecular flexibility index (Phi) is 14.6. The maximum absolute atomic E-state index is 12.2. The third-order valence-electron chi connectivity index (χ3n) is 10.8. The van der Waals surface area contributed by atoms with Crippen LogP contribution in [-0.4, -0.2) is 20.9 Å². The first kappa shape index (κ1) is 42.3. The number of hydrogen-bond acceptors (Lipinski definition) is 4. The molecule has 5 heteroatoms. The maximum Gasteiger partial charge on any atom is 0.164 e. The van der Waals surface area contributed by atoms with E-state index in [2.05, 4.69) is 97.9 Å². The van der Waals surface area contributed by atoms with Crippen molar-refractivity contribution in [2.45, 2.75) is 140 Å². The molecule has 0 saturated heterocycles. The second kappa shape index (κ2) is 16.9. The molecule has 0 bridgehead atoms. The third-order valence-corrected chi connectivity index (χ3v) is 10.8. The summed E-state index contributed by atoms with van der Waals surface area (Å²) in [5.74, 6) is 1.20. The average molecular weight is 842 g/mol. The number of aliphatic hydroxyl groups is 1. The van der Waals surface area contributed by atoms with Crippen molar-refractivity contribution < 1.29 is 30.0 Å². The van der Waals surface area contributed by atoms with E-state index in [1.165, 1.54) is 33.5 Å². The van der Waals surface area contributed by atoms with Crippen molar-refractivity contribution in [2.75, 3.05) is 0 Å². The van der Waals surface area contributed by atoms with E-state index in [9.17, 15) is 9.90 Å². The Labute approximate surface area is 311 Å². The average Bonchev–Trinajstić information content (AvgIpc) is 3.05. The molecule has 0 atom stereocenters. The maximum atomic E-state index is 12.2. The number of aryl methyl sites for hydroxylation is 1. The van der Waals surface area contributed by atoms with Crippen molar-refractivity contribution in [3.63, 3.8) is 0 Å². The van der Waals surface area contributed by atoms with Gasteiger partial charge in [-0.15, -0.1) is 34.9 Å². The number of hydrogen-bond donors (Lipinski definition) is 1. The number of aliphatic hydroxyl groups excluding tert-OH is 1. The van der Waals surface area contributed by atoms with Crippen LogP contribution < -0.4 is 0 Å². The van der Waals surface area contributed by atoms with Crippen molar-refractivity contribution in [1.82, 2.24) is 9.97 Å². The van der Waals surface area contributed by atoms with Crippen LogP contribution in [0.2, 0.25) is 0 Å². The molecule has 1 heterocycles. The Morgan fingerprint density at radius 1 is 0.837 bits per heavy atom. The van der Waals surface area contributed by atoms with Crippen molar-refractivity contribution in [3.8, 4) is 11.3 Å². The Hall–Kier alpha value is -2.88. The number of carbonyl (C=O) groups excluding carboxylic acids is 1. The van der Waals surface area contributed by atoms with E-state index in [0.29, 0.717) is 11.8 Å². The molecule has 0 unspecified atom stereocenters. The molecule has 4 aromatic rings. The molecule has 0 amide bonds. The molecule has 0 aliphatic heterocycles. The third kappa shape index (κ3) is 9.47. The minimum absolute atomic E-state index is 0. The van der Waals surface area contributed by atoms with E-state index >= 15 is 0 Å². The van der Waals surface area contributed by atoms with Gasteiger partial charge in [-0.05, 0) is 70.5 Å². The van der Waals surface area contributed by atoms with Gasteiger partial charge < -0.3 is 5.11 Å². The zero-order valence-corrected chi connectivity index (χ0v) is 35.1. The fraction of sp³-hybridized carbons (Fsp3) is 0.523. The number of fused-ring (bicyclic) bond motifs is 3. The minimum atomic E-state index is -0.337. The summed E-state index contributed by atoms with van der Waals surface area (Å²) in [7, 11) is 0. The van der Waals surface area contributed by atoms with Gasteiger partial charge >= 0.3 is 0 Å². The van der Waals surface area contributed by atoms with Crippen molar-refractivity contribution in [1.29, 1.82) is 0 Å². The van der Waals surface area contributed by atoms with Gasteiger partial charge in [0.25, 0.3) is 0 Å². The molecule has 0 fully saturated rings. The summed E-state index contributed by atoms with van der Waals surface area (Å²) in [6, 6.07) is 17.1. The zero-order valence-electron chi connectivity index (χ0n) is 32.7. The Morgan fingerprint density at radius 2 is 1.43 bits per heavy atom. The van der Waals surface area contributed by atoms with Crippen molar-refractivity contribution >= 4 is 27.5 Å². The van der Waals surface area contributed by atoms with Crippen molar-refractivity contribution in [3.05, 3.63) is 82.9 Å². The van der Waals surface area contributed by atoms with E-state index in [1.54, 1.807) is 6.33 Å². The minimum Gasteiger partial charge on any atom is -0.512 e. The number of carbonyl (C=O) groups is 1. The second-order valence-corrected chi connectivity index (χ2v) is 15.8. The van der Waals surface area contributed by atoms with Gasteiger partial charge in [0.05, 0.1) is 5.52 Å². The molecule has 4 rings (SSSR count). The van der Waals surface area contributed by atoms with Crippen LogP contribution in [0.25, 0.3) is 32.9 Å². The number of allylic oxidation sites excluding steroid dienone is 2. The van der Waals surface area contributed by atoms with Crippen LogP contribution in [-0.2, 0) is 30.3 Å². The quantitative estimate of drug-likeness (QED) is 0.0748. The summed E-state index contributed by atoms with van der Waals surface area (Å²) >= 11 is 0. The van der Waals surface area contributed by atoms with Crippen LogP contribution in [0.4, 0.5) is 0 Å². The number of rotatable bonds is 10. The van der Waals surface area contributed by atoms with Gasteiger partial charge in [-0.25, -0.2) is 4.98 Å². The van der Waals surface area contributed by atoms with Gasteiger partial charge in [-0.1, -0.05) is 121 Å². The van der Waals surface area contributed by atoms with Gasteiger partial charge in [0.1, 0.15) is 12.1 Å². The molecule has 0 spiro atoms. The first-order valence-corrected chi connectivity index (χ1v) is 18.1. The van der Waals surface area contributed by atoms with Gasteiger partial charge in [-0.2, -0.15) is 0 Å². The van der Waals surface area contributed by atoms with E-state index in [1.807, 2.05) is 41.5 Å². The van der Waals surface area contributed by atoms with E-state index < -0.39 is 0 Å². The van der Waals surface area contributed by atoms with Gasteiger partial charge in [0, 0.05) is 42.4 Å². The molecular formula is C44H61IrN2O2-. The van der Waals surface area contributed by atoms with Gasteiger partial charge in [-0.3, -0.25) is 9.78 Å². The molecule has 4 nitrogen and oxygen atoms in total. The van der Waals surface area contributed by atoms with Crippen LogP contribution >= 0.6 is 0 Å². The SMILES string of the molecule is CCC(C)(CC)C(=O)/C=C(\O)C(C)(CC)CC.Cc1[c-]c(-c2ncnc3c2ccc2cc(C(C)C)cc(C(C)C)c23)cc(C(C)(C)C)c1.[Ir].